The third-order valence-electron chi connectivity index (χ3n) is 1.48. The van der Waals surface area contributed by atoms with Crippen LogP contribution < -0.4 is 5.32 Å². The van der Waals surface area contributed by atoms with Gasteiger partial charge in [0.1, 0.15) is 0 Å². The average molecular weight is 189 g/mol. The molecule has 1 unspecified atom stereocenters. The molecule has 0 rings (SSSR count). The molecule has 4 nitrogen and oxygen atoms in total. The third kappa shape index (κ3) is 9.30. The zero-order chi connectivity index (χ0) is 10.1. The molecule has 0 aliphatic rings. The Bertz CT molecular complexity index is 137. The second kappa shape index (κ2) is 8.01. The zero-order valence-electron chi connectivity index (χ0n) is 8.38. The minimum absolute atomic E-state index is 0.152. The summed E-state index contributed by atoms with van der Waals surface area (Å²) >= 11 is 0. The van der Waals surface area contributed by atoms with Gasteiger partial charge in [-0.25, -0.2) is 0 Å². The van der Waals surface area contributed by atoms with E-state index in [9.17, 15) is 4.79 Å². The van der Waals surface area contributed by atoms with Crippen LogP contribution in [0.1, 0.15) is 26.7 Å². The van der Waals surface area contributed by atoms with E-state index in [1.807, 2.05) is 0 Å². The molecule has 0 aromatic heterocycles. The minimum atomic E-state index is -0.331. The summed E-state index contributed by atoms with van der Waals surface area (Å²) in [6.07, 6.45) is 0.870. The molecule has 1 atom stereocenters. The minimum Gasteiger partial charge on any atom is -0.466 e. The third-order valence-corrected chi connectivity index (χ3v) is 1.48. The van der Waals surface area contributed by atoms with Crippen molar-refractivity contribution in [3.63, 3.8) is 0 Å². The molecule has 0 radical (unpaired) electrons. The molecule has 0 saturated heterocycles. The van der Waals surface area contributed by atoms with Crippen molar-refractivity contribution in [2.75, 3.05) is 19.7 Å². The molecule has 0 fully saturated rings. The largest absolute Gasteiger partial charge is 0.466 e. The molecule has 0 aromatic rings. The van der Waals surface area contributed by atoms with Crippen LogP contribution in [-0.4, -0.2) is 36.9 Å². The van der Waals surface area contributed by atoms with Crippen LogP contribution in [0.3, 0.4) is 0 Å². The molecule has 0 aromatic carbocycles. The highest BCUT2D eigenvalue weighted by atomic mass is 16.5. The van der Waals surface area contributed by atoms with Gasteiger partial charge in [0, 0.05) is 13.0 Å². The SMILES string of the molecule is CCOC(=O)CCCNCC(C)O. The number of ether oxygens (including phenoxy) is 1. The Morgan fingerprint density at radius 1 is 1.62 bits per heavy atom. The van der Waals surface area contributed by atoms with E-state index in [4.69, 9.17) is 9.84 Å². The predicted molar refractivity (Wildman–Crippen MR) is 50.4 cm³/mol. The second-order valence-electron chi connectivity index (χ2n) is 2.96. The van der Waals surface area contributed by atoms with Crippen molar-refractivity contribution >= 4 is 5.97 Å². The van der Waals surface area contributed by atoms with Crippen LogP contribution in [0.5, 0.6) is 0 Å². The fourth-order valence-electron chi connectivity index (χ4n) is 0.902. The summed E-state index contributed by atoms with van der Waals surface area (Å²) in [6.45, 7) is 5.27. The summed E-state index contributed by atoms with van der Waals surface area (Å²) in [6, 6.07) is 0. The number of hydrogen-bond donors (Lipinski definition) is 2. The van der Waals surface area contributed by atoms with E-state index in [0.717, 1.165) is 13.0 Å². The highest BCUT2D eigenvalue weighted by molar-refractivity contribution is 5.69. The summed E-state index contributed by atoms with van der Waals surface area (Å²) < 4.78 is 4.75. The lowest BCUT2D eigenvalue weighted by Gasteiger charge is -2.06. The topological polar surface area (TPSA) is 58.6 Å². The van der Waals surface area contributed by atoms with Crippen LogP contribution in [0.2, 0.25) is 0 Å². The molecule has 0 aliphatic carbocycles. The first-order valence-corrected chi connectivity index (χ1v) is 4.71. The summed E-state index contributed by atoms with van der Waals surface area (Å²) in [5.74, 6) is -0.152. The number of carbonyl (C=O) groups is 1. The Kier molecular flexibility index (Phi) is 7.63. The molecule has 13 heavy (non-hydrogen) atoms. The van der Waals surface area contributed by atoms with Crippen molar-refractivity contribution in [3.8, 4) is 0 Å². The van der Waals surface area contributed by atoms with Gasteiger partial charge in [-0.15, -0.1) is 0 Å². The van der Waals surface area contributed by atoms with Crippen molar-refractivity contribution in [1.82, 2.24) is 5.32 Å². The normalized spacial score (nSPS) is 12.5. The summed E-state index contributed by atoms with van der Waals surface area (Å²) in [5, 5.41) is 11.9. The van der Waals surface area contributed by atoms with Gasteiger partial charge in [0.25, 0.3) is 0 Å². The monoisotopic (exact) mass is 189 g/mol. The van der Waals surface area contributed by atoms with Gasteiger partial charge in [-0.05, 0) is 26.8 Å². The molecule has 0 bridgehead atoms. The van der Waals surface area contributed by atoms with Crippen molar-refractivity contribution in [1.29, 1.82) is 0 Å². The van der Waals surface area contributed by atoms with E-state index in [0.29, 0.717) is 19.6 Å². The Balaban J connectivity index is 3.11. The van der Waals surface area contributed by atoms with Gasteiger partial charge in [-0.3, -0.25) is 4.79 Å². The first-order chi connectivity index (χ1) is 6.16. The lowest BCUT2D eigenvalue weighted by Crippen LogP contribution is -2.25. The van der Waals surface area contributed by atoms with Gasteiger partial charge >= 0.3 is 5.97 Å². The van der Waals surface area contributed by atoms with E-state index in [-0.39, 0.29) is 12.1 Å². The van der Waals surface area contributed by atoms with Gasteiger partial charge in [-0.1, -0.05) is 0 Å². The maximum absolute atomic E-state index is 10.8. The molecular formula is C9H19NO3. The van der Waals surface area contributed by atoms with Gasteiger partial charge < -0.3 is 15.2 Å². The Morgan fingerprint density at radius 2 is 2.31 bits per heavy atom. The van der Waals surface area contributed by atoms with Crippen LogP contribution in [0.15, 0.2) is 0 Å². The van der Waals surface area contributed by atoms with Crippen LogP contribution in [-0.2, 0) is 9.53 Å². The molecule has 0 spiro atoms. The molecule has 0 saturated carbocycles. The second-order valence-corrected chi connectivity index (χ2v) is 2.96. The predicted octanol–water partition coefficient (Wildman–Crippen LogP) is 0.300. The van der Waals surface area contributed by atoms with Gasteiger partial charge in [-0.2, -0.15) is 0 Å². The van der Waals surface area contributed by atoms with Gasteiger partial charge in [0.05, 0.1) is 12.7 Å². The number of aliphatic hydroxyl groups excluding tert-OH is 1. The quantitative estimate of drug-likeness (QED) is 0.447. The smallest absolute Gasteiger partial charge is 0.305 e. The molecule has 0 heterocycles. The Morgan fingerprint density at radius 3 is 2.85 bits per heavy atom. The van der Waals surface area contributed by atoms with E-state index in [1.54, 1.807) is 13.8 Å². The molecule has 0 amide bonds. The number of esters is 1. The summed E-state index contributed by atoms with van der Waals surface area (Å²) in [5.41, 5.74) is 0. The number of nitrogens with one attached hydrogen (secondary N) is 1. The van der Waals surface area contributed by atoms with Crippen molar-refractivity contribution in [2.24, 2.45) is 0 Å². The summed E-state index contributed by atoms with van der Waals surface area (Å²) in [7, 11) is 0. The Hall–Kier alpha value is -0.610. The first-order valence-electron chi connectivity index (χ1n) is 4.71. The highest BCUT2D eigenvalue weighted by Crippen LogP contribution is 1.91. The van der Waals surface area contributed by atoms with E-state index >= 15 is 0 Å². The molecule has 0 aliphatic heterocycles. The van der Waals surface area contributed by atoms with Gasteiger partial charge in [0.15, 0.2) is 0 Å². The Labute approximate surface area is 79.3 Å². The maximum Gasteiger partial charge on any atom is 0.305 e. The number of hydrogen-bond acceptors (Lipinski definition) is 4. The molecule has 2 N–H and O–H groups in total. The first kappa shape index (κ1) is 12.4. The fourth-order valence-corrected chi connectivity index (χ4v) is 0.902. The highest BCUT2D eigenvalue weighted by Gasteiger charge is 2.00. The van der Waals surface area contributed by atoms with Crippen LogP contribution in [0.4, 0.5) is 0 Å². The maximum atomic E-state index is 10.8. The average Bonchev–Trinajstić information content (AvgIpc) is 2.03. The molecule has 78 valence electrons. The standard InChI is InChI=1S/C9H19NO3/c1-3-13-9(12)5-4-6-10-7-8(2)11/h8,10-11H,3-7H2,1-2H3. The molecular weight excluding hydrogens is 170 g/mol. The number of carbonyl (C=O) groups excluding carboxylic acids is 1. The lowest BCUT2D eigenvalue weighted by atomic mass is 10.3. The van der Waals surface area contributed by atoms with E-state index in [2.05, 4.69) is 5.32 Å². The van der Waals surface area contributed by atoms with Crippen LogP contribution >= 0.6 is 0 Å². The number of rotatable bonds is 7. The zero-order valence-corrected chi connectivity index (χ0v) is 8.38. The van der Waals surface area contributed by atoms with Crippen LogP contribution in [0.25, 0.3) is 0 Å². The van der Waals surface area contributed by atoms with Gasteiger partial charge in [0.2, 0.25) is 0 Å². The van der Waals surface area contributed by atoms with E-state index in [1.165, 1.54) is 0 Å². The van der Waals surface area contributed by atoms with Crippen molar-refractivity contribution in [2.45, 2.75) is 32.8 Å². The van der Waals surface area contributed by atoms with E-state index < -0.39 is 0 Å². The summed E-state index contributed by atoms with van der Waals surface area (Å²) in [4.78, 5) is 10.8. The van der Waals surface area contributed by atoms with Crippen molar-refractivity contribution in [3.05, 3.63) is 0 Å². The number of aliphatic hydroxyl groups is 1. The lowest BCUT2D eigenvalue weighted by molar-refractivity contribution is -0.143. The fraction of sp³-hybridized carbons (Fsp3) is 0.889. The van der Waals surface area contributed by atoms with Crippen molar-refractivity contribution < 1.29 is 14.6 Å². The molecule has 4 heteroatoms. The van der Waals surface area contributed by atoms with Crippen LogP contribution in [0, 0.1) is 0 Å².